The van der Waals surface area contributed by atoms with Crippen LogP contribution in [0.1, 0.15) is 31.7 Å². The molecule has 2 fully saturated rings. The summed E-state index contributed by atoms with van der Waals surface area (Å²) in [4.78, 5) is 16.5. The molecular weight excluding hydrogens is 314 g/mol. The first-order valence-corrected chi connectivity index (χ1v) is 9.49. The van der Waals surface area contributed by atoms with Gasteiger partial charge in [-0.05, 0) is 36.7 Å². The van der Waals surface area contributed by atoms with Crippen LogP contribution >= 0.6 is 0 Å². The third-order valence-electron chi connectivity index (χ3n) is 5.52. The highest BCUT2D eigenvalue weighted by Gasteiger charge is 2.32. The molecule has 1 heterocycles. The van der Waals surface area contributed by atoms with Gasteiger partial charge in [0.1, 0.15) is 0 Å². The Labute approximate surface area is 151 Å². The molecule has 1 aliphatic carbocycles. The number of rotatable bonds is 6. The lowest BCUT2D eigenvalue weighted by Gasteiger charge is -2.38. The first-order valence-electron chi connectivity index (χ1n) is 9.49. The number of benzene rings is 1. The highest BCUT2D eigenvalue weighted by atomic mass is 16.3. The van der Waals surface area contributed by atoms with Gasteiger partial charge < -0.3 is 15.3 Å². The normalized spacial score (nSPS) is 25.4. The number of hydrogen-bond acceptors (Lipinski definition) is 3. The zero-order valence-electron chi connectivity index (χ0n) is 15.4. The number of nitrogens with zero attached hydrogens (tertiary/aromatic N) is 2. The molecule has 25 heavy (non-hydrogen) atoms. The molecule has 1 saturated carbocycles. The van der Waals surface area contributed by atoms with E-state index in [1.54, 1.807) is 11.9 Å². The van der Waals surface area contributed by atoms with Crippen molar-refractivity contribution in [2.75, 3.05) is 26.7 Å². The molecule has 138 valence electrons. The monoisotopic (exact) mass is 345 g/mol. The van der Waals surface area contributed by atoms with E-state index in [4.69, 9.17) is 0 Å². The van der Waals surface area contributed by atoms with Crippen LogP contribution in [-0.4, -0.2) is 59.8 Å². The highest BCUT2D eigenvalue weighted by molar-refractivity contribution is 5.74. The van der Waals surface area contributed by atoms with Crippen LogP contribution in [0.4, 0.5) is 4.79 Å². The molecule has 2 N–H and O–H groups in total. The smallest absolute Gasteiger partial charge is 0.317 e. The summed E-state index contributed by atoms with van der Waals surface area (Å²) >= 11 is 0. The summed E-state index contributed by atoms with van der Waals surface area (Å²) in [5.41, 5.74) is 1.34. The molecule has 3 rings (SSSR count). The average molecular weight is 345 g/mol. The van der Waals surface area contributed by atoms with E-state index in [1.165, 1.54) is 5.56 Å². The number of nitrogens with one attached hydrogen (secondary N) is 1. The fourth-order valence-corrected chi connectivity index (χ4v) is 3.69. The van der Waals surface area contributed by atoms with Crippen LogP contribution in [0.5, 0.6) is 0 Å². The molecule has 0 spiro atoms. The van der Waals surface area contributed by atoms with Gasteiger partial charge in [0.25, 0.3) is 0 Å². The number of aliphatic hydroxyl groups excluding tert-OH is 1. The Kier molecular flexibility index (Phi) is 5.97. The topological polar surface area (TPSA) is 55.8 Å². The summed E-state index contributed by atoms with van der Waals surface area (Å²) in [6.45, 7) is 5.60. The predicted octanol–water partition coefficient (Wildman–Crippen LogP) is 2.31. The summed E-state index contributed by atoms with van der Waals surface area (Å²) in [5, 5.41) is 13.2. The molecule has 0 aromatic heterocycles. The Balaban J connectivity index is 1.43. The van der Waals surface area contributed by atoms with Gasteiger partial charge in [-0.1, -0.05) is 37.3 Å². The van der Waals surface area contributed by atoms with E-state index in [1.807, 2.05) is 6.07 Å². The van der Waals surface area contributed by atoms with Gasteiger partial charge in [0.2, 0.25) is 0 Å². The Hall–Kier alpha value is -1.59. The first-order chi connectivity index (χ1) is 12.0. The second-order valence-electron chi connectivity index (χ2n) is 7.83. The number of carbonyl (C=O) groups is 1. The van der Waals surface area contributed by atoms with Gasteiger partial charge in [-0.15, -0.1) is 0 Å². The molecule has 1 saturated heterocycles. The van der Waals surface area contributed by atoms with Crippen LogP contribution in [0, 0.1) is 11.8 Å². The molecule has 1 aromatic carbocycles. The quantitative estimate of drug-likeness (QED) is 0.832. The van der Waals surface area contributed by atoms with Crippen molar-refractivity contribution >= 4 is 6.03 Å². The molecule has 3 unspecified atom stereocenters. The van der Waals surface area contributed by atoms with Crippen molar-refractivity contribution in [3.05, 3.63) is 35.9 Å². The third-order valence-corrected chi connectivity index (χ3v) is 5.52. The fourth-order valence-electron chi connectivity index (χ4n) is 3.69. The van der Waals surface area contributed by atoms with Gasteiger partial charge in [-0.2, -0.15) is 0 Å². The van der Waals surface area contributed by atoms with Crippen LogP contribution in [0.15, 0.2) is 30.3 Å². The van der Waals surface area contributed by atoms with E-state index in [0.717, 1.165) is 38.9 Å². The molecule has 2 aliphatic rings. The number of aliphatic hydroxyl groups is 1. The van der Waals surface area contributed by atoms with Crippen molar-refractivity contribution in [3.63, 3.8) is 0 Å². The van der Waals surface area contributed by atoms with Gasteiger partial charge in [0.05, 0.1) is 6.10 Å². The summed E-state index contributed by atoms with van der Waals surface area (Å²) < 4.78 is 0. The van der Waals surface area contributed by atoms with E-state index in [0.29, 0.717) is 18.4 Å². The molecular formula is C20H31N3O2. The highest BCUT2D eigenvalue weighted by Crippen LogP contribution is 2.32. The largest absolute Gasteiger partial charge is 0.391 e. The van der Waals surface area contributed by atoms with Crippen LogP contribution in [0.2, 0.25) is 0 Å². The van der Waals surface area contributed by atoms with Gasteiger partial charge >= 0.3 is 6.03 Å². The van der Waals surface area contributed by atoms with E-state index in [-0.39, 0.29) is 18.2 Å². The van der Waals surface area contributed by atoms with Crippen LogP contribution in [-0.2, 0) is 6.54 Å². The molecule has 5 heteroatoms. The summed E-state index contributed by atoms with van der Waals surface area (Å²) in [7, 11) is 1.77. The van der Waals surface area contributed by atoms with Crippen LogP contribution in [0.3, 0.4) is 0 Å². The summed E-state index contributed by atoms with van der Waals surface area (Å²) in [6, 6.07) is 10.7. The standard InChI is InChI=1S/C20H31N3O2/c1-15-12-23(13-16-6-4-3-5-7-16)11-10-18(15)21-20(25)22(2)14-19(24)17-8-9-17/h3-7,15,17-19,24H,8-14H2,1-2H3,(H,21,25). The first kappa shape index (κ1) is 18.2. The number of carbonyl (C=O) groups excluding carboxylic acids is 1. The van der Waals surface area contributed by atoms with Crippen molar-refractivity contribution in [1.82, 2.24) is 15.1 Å². The third kappa shape index (κ3) is 5.19. The van der Waals surface area contributed by atoms with E-state index >= 15 is 0 Å². The molecule has 0 bridgehead atoms. The fraction of sp³-hybridized carbons (Fsp3) is 0.650. The second kappa shape index (κ2) is 8.19. The van der Waals surface area contributed by atoms with Crippen LogP contribution in [0.25, 0.3) is 0 Å². The maximum atomic E-state index is 12.4. The zero-order valence-corrected chi connectivity index (χ0v) is 15.4. The van der Waals surface area contributed by atoms with Gasteiger partial charge in [0, 0.05) is 39.3 Å². The number of urea groups is 1. The predicted molar refractivity (Wildman–Crippen MR) is 99.2 cm³/mol. The van der Waals surface area contributed by atoms with E-state index < -0.39 is 0 Å². The number of hydrogen-bond donors (Lipinski definition) is 2. The molecule has 1 aromatic rings. The molecule has 3 atom stereocenters. The van der Waals surface area contributed by atoms with Gasteiger partial charge in [-0.3, -0.25) is 4.90 Å². The number of likely N-dealkylation sites (tertiary alicyclic amines) is 1. The van der Waals surface area contributed by atoms with Crippen molar-refractivity contribution in [2.24, 2.45) is 11.8 Å². The second-order valence-corrected chi connectivity index (χ2v) is 7.83. The van der Waals surface area contributed by atoms with Gasteiger partial charge in [0.15, 0.2) is 0 Å². The van der Waals surface area contributed by atoms with Crippen LogP contribution < -0.4 is 5.32 Å². The summed E-state index contributed by atoms with van der Waals surface area (Å²) in [5.74, 6) is 0.818. The van der Waals surface area contributed by atoms with Crippen molar-refractivity contribution < 1.29 is 9.90 Å². The lowest BCUT2D eigenvalue weighted by molar-refractivity contribution is 0.105. The Morgan fingerprint density at radius 3 is 2.68 bits per heavy atom. The Morgan fingerprint density at radius 2 is 2.04 bits per heavy atom. The van der Waals surface area contributed by atoms with Crippen molar-refractivity contribution in [1.29, 1.82) is 0 Å². The molecule has 2 amide bonds. The van der Waals surface area contributed by atoms with E-state index in [2.05, 4.69) is 41.4 Å². The van der Waals surface area contributed by atoms with Crippen molar-refractivity contribution in [3.8, 4) is 0 Å². The number of amides is 2. The SMILES string of the molecule is CC1CN(Cc2ccccc2)CCC1NC(=O)N(C)CC(O)C1CC1. The average Bonchev–Trinajstić information content (AvgIpc) is 3.43. The lowest BCUT2D eigenvalue weighted by atomic mass is 9.93. The zero-order chi connectivity index (χ0) is 17.8. The minimum absolute atomic E-state index is 0.0620. The lowest BCUT2D eigenvalue weighted by Crippen LogP contribution is -2.53. The Morgan fingerprint density at radius 1 is 1.32 bits per heavy atom. The van der Waals surface area contributed by atoms with Crippen molar-refractivity contribution in [2.45, 2.75) is 44.9 Å². The minimum Gasteiger partial charge on any atom is -0.391 e. The Bertz CT molecular complexity index is 561. The molecule has 0 radical (unpaired) electrons. The minimum atomic E-state index is -0.374. The maximum Gasteiger partial charge on any atom is 0.317 e. The molecule has 1 aliphatic heterocycles. The molecule has 5 nitrogen and oxygen atoms in total. The summed E-state index contributed by atoms with van der Waals surface area (Å²) in [6.07, 6.45) is 2.78. The van der Waals surface area contributed by atoms with E-state index in [9.17, 15) is 9.90 Å². The maximum absolute atomic E-state index is 12.4. The number of piperidine rings is 1. The number of likely N-dealkylation sites (N-methyl/N-ethyl adjacent to an activating group) is 1. The van der Waals surface area contributed by atoms with Gasteiger partial charge in [-0.25, -0.2) is 4.79 Å².